The minimum absolute atomic E-state index is 0.0298. The van der Waals surface area contributed by atoms with Crippen LogP contribution in [-0.2, 0) is 11.3 Å². The summed E-state index contributed by atoms with van der Waals surface area (Å²) in [5.41, 5.74) is 0.336. The molecule has 0 aliphatic heterocycles. The largest absolute Gasteiger partial charge is 0.342 e. The van der Waals surface area contributed by atoms with Crippen molar-refractivity contribution in [3.63, 3.8) is 0 Å². The number of thioether (sulfide) groups is 1. The van der Waals surface area contributed by atoms with Crippen LogP contribution in [0.15, 0.2) is 47.6 Å². The monoisotopic (exact) mass is 564 g/mol. The van der Waals surface area contributed by atoms with Crippen molar-refractivity contribution >= 4 is 58.2 Å². The topological polar surface area (TPSA) is 132 Å². The maximum Gasteiger partial charge on any atom is 0.271 e. The fourth-order valence-electron chi connectivity index (χ4n) is 3.58. The first-order chi connectivity index (χ1) is 17.6. The van der Waals surface area contributed by atoms with Crippen LogP contribution in [0.3, 0.4) is 0 Å². The average Bonchev–Trinajstić information content (AvgIpc) is 3.26. The van der Waals surface area contributed by atoms with Crippen LogP contribution in [0.1, 0.15) is 49.4 Å². The number of non-ortho nitro benzene ring substituents is 1. The molecule has 1 heterocycles. The molecule has 2 amide bonds. The van der Waals surface area contributed by atoms with Gasteiger partial charge in [-0.3, -0.25) is 19.7 Å². The zero-order valence-electron chi connectivity index (χ0n) is 20.4. The quantitative estimate of drug-likeness (QED) is 0.172. The van der Waals surface area contributed by atoms with Crippen molar-refractivity contribution in [2.75, 3.05) is 11.1 Å². The Morgan fingerprint density at radius 1 is 1.14 bits per heavy atom. The van der Waals surface area contributed by atoms with Gasteiger partial charge in [-0.1, -0.05) is 60.9 Å². The molecule has 0 radical (unpaired) electrons. The highest BCUT2D eigenvalue weighted by molar-refractivity contribution is 7.99. The number of nitrogens with zero attached hydrogens (tertiary/aromatic N) is 4. The number of nitrogens with one attached hydrogen (secondary N) is 2. The van der Waals surface area contributed by atoms with Crippen LogP contribution in [0.5, 0.6) is 0 Å². The SMILES string of the molecule is CCn1c(SCC(=O)Nc2cc([N+](=O)[O-])ccc2Cl)nnc1[C@@H](CC(C)C)NC(=O)c1ccccc1Cl. The van der Waals surface area contributed by atoms with Gasteiger partial charge in [-0.05, 0) is 37.5 Å². The molecule has 3 rings (SSSR count). The van der Waals surface area contributed by atoms with Gasteiger partial charge >= 0.3 is 0 Å². The molecule has 2 aromatic carbocycles. The second-order valence-electron chi connectivity index (χ2n) is 8.48. The molecule has 37 heavy (non-hydrogen) atoms. The Hall–Kier alpha value is -3.15. The van der Waals surface area contributed by atoms with Crippen molar-refractivity contribution in [1.29, 1.82) is 0 Å². The first-order valence-electron chi connectivity index (χ1n) is 11.5. The van der Waals surface area contributed by atoms with E-state index < -0.39 is 16.9 Å². The van der Waals surface area contributed by atoms with E-state index in [9.17, 15) is 19.7 Å². The minimum atomic E-state index is -0.565. The smallest absolute Gasteiger partial charge is 0.271 e. The van der Waals surface area contributed by atoms with E-state index in [-0.39, 0.29) is 34.0 Å². The summed E-state index contributed by atoms with van der Waals surface area (Å²) >= 11 is 13.4. The van der Waals surface area contributed by atoms with E-state index in [1.165, 1.54) is 18.2 Å². The zero-order chi connectivity index (χ0) is 27.1. The number of rotatable bonds is 11. The van der Waals surface area contributed by atoms with Gasteiger partial charge in [0.25, 0.3) is 11.6 Å². The molecule has 10 nitrogen and oxygen atoms in total. The number of hydrogen-bond donors (Lipinski definition) is 2. The van der Waals surface area contributed by atoms with Crippen LogP contribution in [0.2, 0.25) is 10.0 Å². The number of carbonyl (C=O) groups excluding carboxylic acids is 2. The molecule has 13 heteroatoms. The zero-order valence-corrected chi connectivity index (χ0v) is 22.7. The van der Waals surface area contributed by atoms with E-state index in [0.29, 0.717) is 34.5 Å². The van der Waals surface area contributed by atoms with Crippen LogP contribution >= 0.6 is 35.0 Å². The Bertz CT molecular complexity index is 1300. The number of hydrogen-bond acceptors (Lipinski definition) is 7. The van der Waals surface area contributed by atoms with Gasteiger partial charge in [0.1, 0.15) is 0 Å². The molecule has 3 aromatic rings. The van der Waals surface area contributed by atoms with Crippen molar-refractivity contribution in [3.8, 4) is 0 Å². The lowest BCUT2D eigenvalue weighted by Gasteiger charge is -2.21. The predicted octanol–water partition coefficient (Wildman–Crippen LogP) is 5.76. The standard InChI is InChI=1S/C24H26Cl2N6O4S/c1-4-31-22(20(11-14(2)3)28-23(34)16-7-5-6-8-17(16)25)29-30-24(31)37-13-21(33)27-19-12-15(32(35)36)9-10-18(19)26/h5-10,12,14,20H,4,11,13H2,1-3H3,(H,27,33)(H,28,34)/t20-/m1/s1. The molecule has 0 bridgehead atoms. The molecule has 1 aromatic heterocycles. The Balaban J connectivity index is 1.75. The molecule has 2 N–H and O–H groups in total. The maximum atomic E-state index is 13.0. The van der Waals surface area contributed by atoms with Gasteiger partial charge in [-0.25, -0.2) is 0 Å². The second-order valence-corrected chi connectivity index (χ2v) is 10.2. The van der Waals surface area contributed by atoms with Crippen molar-refractivity contribution in [1.82, 2.24) is 20.1 Å². The lowest BCUT2D eigenvalue weighted by Crippen LogP contribution is -2.31. The molecular formula is C24H26Cl2N6O4S. The molecule has 0 fully saturated rings. The highest BCUT2D eigenvalue weighted by Crippen LogP contribution is 2.28. The third-order valence-electron chi connectivity index (χ3n) is 5.27. The lowest BCUT2D eigenvalue weighted by molar-refractivity contribution is -0.384. The average molecular weight is 565 g/mol. The summed E-state index contributed by atoms with van der Waals surface area (Å²) in [5.74, 6) is 0.0638. The van der Waals surface area contributed by atoms with E-state index in [4.69, 9.17) is 23.2 Å². The fraction of sp³-hybridized carbons (Fsp3) is 0.333. The Kier molecular flexibility index (Phi) is 9.90. The van der Waals surface area contributed by atoms with Crippen molar-refractivity contribution < 1.29 is 14.5 Å². The summed E-state index contributed by atoms with van der Waals surface area (Å²) in [6.07, 6.45) is 0.616. The van der Waals surface area contributed by atoms with Crippen LogP contribution in [0, 0.1) is 16.0 Å². The Labute approximate surface area is 228 Å². The number of nitro groups is 1. The van der Waals surface area contributed by atoms with Gasteiger partial charge in [-0.15, -0.1) is 10.2 Å². The molecule has 0 spiro atoms. The first-order valence-corrected chi connectivity index (χ1v) is 13.2. The summed E-state index contributed by atoms with van der Waals surface area (Å²) in [6, 6.07) is 10.2. The second kappa shape index (κ2) is 12.9. The number of halogens is 2. The summed E-state index contributed by atoms with van der Waals surface area (Å²) in [5, 5.41) is 26.3. The fourth-order valence-corrected chi connectivity index (χ4v) is 4.78. The predicted molar refractivity (Wildman–Crippen MR) is 144 cm³/mol. The van der Waals surface area contributed by atoms with Crippen LogP contribution in [-0.4, -0.2) is 37.3 Å². The van der Waals surface area contributed by atoms with Gasteiger partial charge in [0.15, 0.2) is 11.0 Å². The van der Waals surface area contributed by atoms with E-state index in [1.54, 1.807) is 24.3 Å². The third kappa shape index (κ3) is 7.43. The molecule has 0 saturated carbocycles. The summed E-state index contributed by atoms with van der Waals surface area (Å²) in [6.45, 7) is 6.52. The molecule has 0 saturated heterocycles. The van der Waals surface area contributed by atoms with E-state index in [2.05, 4.69) is 20.8 Å². The van der Waals surface area contributed by atoms with Crippen molar-refractivity contribution in [3.05, 3.63) is 74.0 Å². The Morgan fingerprint density at radius 2 is 1.86 bits per heavy atom. The van der Waals surface area contributed by atoms with Gasteiger partial charge in [0.2, 0.25) is 5.91 Å². The van der Waals surface area contributed by atoms with Gasteiger partial charge < -0.3 is 15.2 Å². The van der Waals surface area contributed by atoms with Gasteiger partial charge in [-0.2, -0.15) is 0 Å². The lowest BCUT2D eigenvalue weighted by atomic mass is 10.0. The molecule has 0 aliphatic rings. The van der Waals surface area contributed by atoms with Gasteiger partial charge in [0.05, 0.1) is 38.0 Å². The number of aromatic nitrogens is 3. The highest BCUT2D eigenvalue weighted by atomic mass is 35.5. The summed E-state index contributed by atoms with van der Waals surface area (Å²) < 4.78 is 1.85. The number of amides is 2. The number of nitro benzene ring substituents is 1. The molecule has 0 unspecified atom stereocenters. The highest BCUT2D eigenvalue weighted by Gasteiger charge is 2.25. The third-order valence-corrected chi connectivity index (χ3v) is 6.90. The van der Waals surface area contributed by atoms with Crippen molar-refractivity contribution in [2.24, 2.45) is 5.92 Å². The van der Waals surface area contributed by atoms with Crippen LogP contribution < -0.4 is 10.6 Å². The van der Waals surface area contributed by atoms with E-state index >= 15 is 0 Å². The summed E-state index contributed by atoms with van der Waals surface area (Å²) in [7, 11) is 0. The minimum Gasteiger partial charge on any atom is -0.342 e. The van der Waals surface area contributed by atoms with E-state index in [0.717, 1.165) is 11.8 Å². The normalized spacial score (nSPS) is 11.8. The van der Waals surface area contributed by atoms with Crippen LogP contribution in [0.25, 0.3) is 0 Å². The molecule has 1 atom stereocenters. The first kappa shape index (κ1) is 28.4. The number of carbonyl (C=O) groups is 2. The van der Waals surface area contributed by atoms with E-state index in [1.807, 2.05) is 25.3 Å². The summed E-state index contributed by atoms with van der Waals surface area (Å²) in [4.78, 5) is 36.0. The van der Waals surface area contributed by atoms with Crippen LogP contribution in [0.4, 0.5) is 11.4 Å². The Morgan fingerprint density at radius 3 is 2.51 bits per heavy atom. The number of benzene rings is 2. The molecule has 196 valence electrons. The van der Waals surface area contributed by atoms with Crippen molar-refractivity contribution in [2.45, 2.75) is 44.9 Å². The number of anilines is 1. The molecular weight excluding hydrogens is 539 g/mol. The molecule has 0 aliphatic carbocycles. The maximum absolute atomic E-state index is 13.0. The van der Waals surface area contributed by atoms with Gasteiger partial charge in [0, 0.05) is 18.7 Å².